The van der Waals surface area contributed by atoms with Crippen LogP contribution in [0.4, 0.5) is 23.4 Å². The molecule has 2 aromatic heterocycles. The van der Waals surface area contributed by atoms with Crippen LogP contribution in [0.3, 0.4) is 0 Å². The minimum atomic E-state index is -4.96. The molecule has 0 spiro atoms. The van der Waals surface area contributed by atoms with Gasteiger partial charge in [0.25, 0.3) is 5.56 Å². The summed E-state index contributed by atoms with van der Waals surface area (Å²) in [5, 5.41) is 13.0. The van der Waals surface area contributed by atoms with Crippen LogP contribution in [0.25, 0.3) is 16.6 Å². The molecule has 5 fully saturated rings. The lowest BCUT2D eigenvalue weighted by molar-refractivity contribution is -0.137. The number of halogens is 5. The van der Waals surface area contributed by atoms with Crippen LogP contribution in [0, 0.1) is 0 Å². The molecule has 4 atom stereocenters. The number of fused-ring (bicyclic) bond motifs is 5. The Morgan fingerprint density at radius 1 is 1.26 bits per heavy atom. The van der Waals surface area contributed by atoms with Crippen LogP contribution < -0.4 is 20.5 Å². The van der Waals surface area contributed by atoms with E-state index in [1.54, 1.807) is 4.90 Å². The van der Waals surface area contributed by atoms with Crippen LogP contribution in [0.2, 0.25) is 5.02 Å². The number of benzene rings is 1. The Labute approximate surface area is 245 Å². The summed E-state index contributed by atoms with van der Waals surface area (Å²) in [4.78, 5) is 26.5. The Bertz CT molecular complexity index is 1700. The molecule has 2 N–H and O–H groups in total. The van der Waals surface area contributed by atoms with E-state index in [-0.39, 0.29) is 36.0 Å². The van der Waals surface area contributed by atoms with Gasteiger partial charge in [0.05, 0.1) is 29.9 Å². The van der Waals surface area contributed by atoms with Crippen molar-refractivity contribution in [1.29, 1.82) is 0 Å². The molecule has 2 unspecified atom stereocenters. The van der Waals surface area contributed by atoms with Crippen LogP contribution in [0.5, 0.6) is 11.8 Å². The molecule has 224 valence electrons. The highest BCUT2D eigenvalue weighted by Gasteiger charge is 2.49. The highest BCUT2D eigenvalue weighted by Crippen LogP contribution is 2.42. The van der Waals surface area contributed by atoms with Gasteiger partial charge in [-0.05, 0) is 44.4 Å². The zero-order valence-corrected chi connectivity index (χ0v) is 23.1. The van der Waals surface area contributed by atoms with Crippen molar-refractivity contribution in [2.45, 2.75) is 62.1 Å². The summed E-state index contributed by atoms with van der Waals surface area (Å²) in [5.41, 5.74) is -4.55. The van der Waals surface area contributed by atoms with Gasteiger partial charge in [0.15, 0.2) is 0 Å². The normalized spacial score (nSPS) is 28.7. The minimum absolute atomic E-state index is 0.00195. The highest BCUT2D eigenvalue weighted by molar-refractivity contribution is 6.31. The Morgan fingerprint density at radius 3 is 2.81 bits per heavy atom. The van der Waals surface area contributed by atoms with Crippen molar-refractivity contribution in [3.8, 4) is 17.4 Å². The Balaban J connectivity index is 1.40. The number of phenols is 1. The van der Waals surface area contributed by atoms with Gasteiger partial charge < -0.3 is 20.1 Å². The summed E-state index contributed by atoms with van der Waals surface area (Å²) in [6, 6.07) is 2.62. The van der Waals surface area contributed by atoms with Crippen molar-refractivity contribution in [2.24, 2.45) is 0 Å². The molecule has 2 bridgehead atoms. The monoisotopic (exact) mass is 610 g/mol. The van der Waals surface area contributed by atoms with Crippen LogP contribution >= 0.6 is 11.6 Å². The number of pyridine rings is 1. The third kappa shape index (κ3) is 4.56. The molecule has 7 heterocycles. The number of nitrogens with one attached hydrogen (secondary N) is 1. The third-order valence-electron chi connectivity index (χ3n) is 8.87. The molecular weight excluding hydrogens is 580 g/mol. The smallest absolute Gasteiger partial charge is 0.419 e. The predicted molar refractivity (Wildman–Crippen MR) is 148 cm³/mol. The van der Waals surface area contributed by atoms with Crippen molar-refractivity contribution >= 4 is 28.3 Å². The lowest BCUT2D eigenvalue weighted by Crippen LogP contribution is -2.61. The van der Waals surface area contributed by atoms with Crippen LogP contribution in [-0.2, 0) is 6.18 Å². The third-order valence-corrected chi connectivity index (χ3v) is 9.17. The zero-order valence-electron chi connectivity index (χ0n) is 24.3. The summed E-state index contributed by atoms with van der Waals surface area (Å²) in [5.74, 6) is -0.285. The fourth-order valence-electron chi connectivity index (χ4n) is 6.96. The van der Waals surface area contributed by atoms with E-state index in [2.05, 4.69) is 15.3 Å². The first-order valence-corrected chi connectivity index (χ1v) is 14.3. The maximum atomic E-state index is 14.5. The van der Waals surface area contributed by atoms with E-state index in [4.69, 9.17) is 19.1 Å². The summed E-state index contributed by atoms with van der Waals surface area (Å²) < 4.78 is 81.2. The first-order chi connectivity index (χ1) is 20.8. The van der Waals surface area contributed by atoms with Gasteiger partial charge in [-0.2, -0.15) is 23.1 Å². The van der Waals surface area contributed by atoms with E-state index < -0.39 is 58.0 Å². The van der Waals surface area contributed by atoms with Crippen molar-refractivity contribution < 1.29 is 30.1 Å². The quantitative estimate of drug-likeness (QED) is 0.418. The Hall–Kier alpha value is -3.16. The van der Waals surface area contributed by atoms with Gasteiger partial charge in [0.2, 0.25) is 0 Å². The molecule has 5 aliphatic heterocycles. The minimum Gasteiger partial charge on any atom is -0.508 e. The second-order valence-electron chi connectivity index (χ2n) is 11.5. The van der Waals surface area contributed by atoms with Gasteiger partial charge in [-0.3, -0.25) is 14.3 Å². The molecule has 0 saturated carbocycles. The second kappa shape index (κ2) is 9.95. The average Bonchev–Trinajstić information content (AvgIpc) is 3.50. The lowest BCUT2D eigenvalue weighted by Gasteiger charge is -2.46. The maximum absolute atomic E-state index is 14.5. The Morgan fingerprint density at radius 2 is 2.10 bits per heavy atom. The molecule has 5 aliphatic rings. The standard InChI is InChI=1S/C28H29ClF4N6O3/c29-20-8-18(40)9-21(22(20)28(31,32)33)38-7-4-19-23(25(38)41)35-26(36-24(19)39-13-16-2-3-17(39)11-34-16)42-14-27-5-1-6-37(27)12-15(30)10-27/h4,7-9,15-17,34,40H,1-3,5-6,10-14H2/t15-,16?,17?,27+/m1/s1/i14D2. The number of piperidine rings is 2. The summed E-state index contributed by atoms with van der Waals surface area (Å²) >= 11 is 5.89. The van der Waals surface area contributed by atoms with E-state index in [1.165, 1.54) is 6.07 Å². The van der Waals surface area contributed by atoms with Crippen LogP contribution in [-0.4, -0.2) is 81.1 Å². The molecular formula is C28H29ClF4N6O3. The summed E-state index contributed by atoms with van der Waals surface area (Å²) in [6.45, 7) is -0.677. The maximum Gasteiger partial charge on any atom is 0.419 e. The van der Waals surface area contributed by atoms with Gasteiger partial charge in [-0.1, -0.05) is 11.6 Å². The van der Waals surface area contributed by atoms with E-state index in [0.717, 1.165) is 31.2 Å². The second-order valence-corrected chi connectivity index (χ2v) is 11.9. The molecule has 0 aliphatic carbocycles. The van der Waals surface area contributed by atoms with Crippen molar-refractivity contribution in [3.63, 3.8) is 0 Å². The van der Waals surface area contributed by atoms with Crippen molar-refractivity contribution in [3.05, 3.63) is 45.3 Å². The number of phenolic OH excluding ortho intramolecular Hbond substituents is 1. The van der Waals surface area contributed by atoms with E-state index >= 15 is 0 Å². The topological polar surface area (TPSA) is 95.8 Å². The number of nitrogens with zero attached hydrogens (tertiary/aromatic N) is 5. The average molecular weight is 611 g/mol. The summed E-state index contributed by atoms with van der Waals surface area (Å²) in [6.07, 6.45) is -2.34. The van der Waals surface area contributed by atoms with Gasteiger partial charge >= 0.3 is 12.2 Å². The number of aromatic nitrogens is 3. The zero-order chi connectivity index (χ0) is 31.2. The Kier molecular flexibility index (Phi) is 6.01. The van der Waals surface area contributed by atoms with Gasteiger partial charge in [0, 0.05) is 50.4 Å². The van der Waals surface area contributed by atoms with Gasteiger partial charge in [0.1, 0.15) is 29.8 Å². The molecule has 5 saturated heterocycles. The largest absolute Gasteiger partial charge is 0.508 e. The molecule has 8 rings (SSSR count). The van der Waals surface area contributed by atoms with Crippen LogP contribution in [0.1, 0.15) is 40.4 Å². The number of aromatic hydroxyl groups is 1. The molecule has 3 aromatic rings. The van der Waals surface area contributed by atoms with Gasteiger partial charge in [-0.15, -0.1) is 0 Å². The number of ether oxygens (including phenoxy) is 1. The number of rotatable bonds is 5. The number of alkyl halides is 4. The highest BCUT2D eigenvalue weighted by atomic mass is 35.5. The lowest BCUT2D eigenvalue weighted by atomic mass is 9.93. The predicted octanol–water partition coefficient (Wildman–Crippen LogP) is 4.05. The SMILES string of the molecule is [2H]C([2H])(Oc1nc(N2CC3CCC2CN3)c2ccn(-c3cc(O)cc(Cl)c3C(F)(F)F)c(=O)c2n1)[C@@]12CCCN1C[C@H](F)C2. The fourth-order valence-corrected chi connectivity index (χ4v) is 7.27. The van der Waals surface area contributed by atoms with Gasteiger partial charge in [-0.25, -0.2) is 4.39 Å². The molecule has 0 radical (unpaired) electrons. The summed E-state index contributed by atoms with van der Waals surface area (Å²) in [7, 11) is 0. The first-order valence-electron chi connectivity index (χ1n) is 14.9. The van der Waals surface area contributed by atoms with E-state index in [0.29, 0.717) is 42.9 Å². The molecule has 42 heavy (non-hydrogen) atoms. The first kappa shape index (κ1) is 25.3. The fraction of sp³-hybridized carbons (Fsp3) is 0.536. The number of hydrogen-bond donors (Lipinski definition) is 2. The van der Waals surface area contributed by atoms with Crippen molar-refractivity contribution in [2.75, 3.05) is 37.6 Å². The number of piperazine rings is 1. The molecule has 0 amide bonds. The molecule has 14 heteroatoms. The molecule has 9 nitrogen and oxygen atoms in total. The van der Waals surface area contributed by atoms with E-state index in [9.17, 15) is 27.5 Å². The number of hydrogen-bond acceptors (Lipinski definition) is 8. The van der Waals surface area contributed by atoms with Crippen LogP contribution in [0.15, 0.2) is 29.2 Å². The van der Waals surface area contributed by atoms with E-state index in [1.807, 2.05) is 4.90 Å². The number of anilines is 1. The van der Waals surface area contributed by atoms with Crippen molar-refractivity contribution in [1.82, 2.24) is 24.8 Å². The molecule has 1 aromatic carbocycles.